The zero-order chi connectivity index (χ0) is 15.5. The van der Waals surface area contributed by atoms with Crippen molar-refractivity contribution in [3.63, 3.8) is 0 Å². The van der Waals surface area contributed by atoms with Gasteiger partial charge in [0.05, 0.1) is 6.61 Å². The normalized spacial score (nSPS) is 17.5. The van der Waals surface area contributed by atoms with Crippen LogP contribution in [0.3, 0.4) is 0 Å². The van der Waals surface area contributed by atoms with Gasteiger partial charge in [0.2, 0.25) is 0 Å². The van der Waals surface area contributed by atoms with Crippen LogP contribution < -0.4 is 0 Å². The van der Waals surface area contributed by atoms with Crippen LogP contribution in [0, 0.1) is 0 Å². The van der Waals surface area contributed by atoms with Crippen LogP contribution in [-0.2, 0) is 14.3 Å². The first-order chi connectivity index (χ1) is 10.2. The van der Waals surface area contributed by atoms with Gasteiger partial charge in [0.25, 0.3) is 0 Å². The molecule has 1 aliphatic rings. The maximum atomic E-state index is 11.6. The quantitative estimate of drug-likeness (QED) is 0.165. The van der Waals surface area contributed by atoms with E-state index in [-0.39, 0.29) is 30.1 Å². The lowest BCUT2D eigenvalue weighted by Gasteiger charge is -2.14. The Balaban J connectivity index is 2.15. The fourth-order valence-corrected chi connectivity index (χ4v) is 2.42. The number of ether oxygens (including phenoxy) is 1. The molecule has 1 rings (SSSR count). The van der Waals surface area contributed by atoms with E-state index in [2.05, 4.69) is 6.58 Å². The standard InChI is InChI=1S/C17H26O4/c1-2-3-4-5-6-7-8-9-10-11-14(18)16-15(19)12-13-21-17(16)20/h2,18H,1,3-13H2. The van der Waals surface area contributed by atoms with Gasteiger partial charge in [-0.2, -0.15) is 0 Å². The molecule has 0 unspecified atom stereocenters. The van der Waals surface area contributed by atoms with E-state index >= 15 is 0 Å². The molecule has 1 N–H and O–H groups in total. The minimum absolute atomic E-state index is 0.101. The predicted molar refractivity (Wildman–Crippen MR) is 82.0 cm³/mol. The van der Waals surface area contributed by atoms with E-state index in [1.54, 1.807) is 0 Å². The lowest BCUT2D eigenvalue weighted by Crippen LogP contribution is -2.25. The van der Waals surface area contributed by atoms with Crippen LogP contribution in [0.25, 0.3) is 0 Å². The molecule has 1 fully saturated rings. The first-order valence-corrected chi connectivity index (χ1v) is 7.90. The summed E-state index contributed by atoms with van der Waals surface area (Å²) >= 11 is 0. The van der Waals surface area contributed by atoms with Crippen molar-refractivity contribution in [3.8, 4) is 0 Å². The molecule has 0 bridgehead atoms. The summed E-state index contributed by atoms with van der Waals surface area (Å²) in [6.45, 7) is 3.83. The van der Waals surface area contributed by atoms with Gasteiger partial charge in [0, 0.05) is 12.8 Å². The highest BCUT2D eigenvalue weighted by atomic mass is 16.5. The van der Waals surface area contributed by atoms with Crippen molar-refractivity contribution in [1.29, 1.82) is 0 Å². The van der Waals surface area contributed by atoms with Gasteiger partial charge >= 0.3 is 5.97 Å². The Morgan fingerprint density at radius 3 is 2.33 bits per heavy atom. The highest BCUT2D eigenvalue weighted by molar-refractivity contribution is 6.18. The highest BCUT2D eigenvalue weighted by Gasteiger charge is 2.28. The number of cyclic esters (lactones) is 1. The zero-order valence-electron chi connectivity index (χ0n) is 12.7. The molecule has 4 nitrogen and oxygen atoms in total. The van der Waals surface area contributed by atoms with Crippen molar-refractivity contribution >= 4 is 11.8 Å². The molecule has 0 saturated carbocycles. The smallest absolute Gasteiger partial charge is 0.345 e. The number of unbranched alkanes of at least 4 members (excludes halogenated alkanes) is 7. The second kappa shape index (κ2) is 10.2. The average molecular weight is 294 g/mol. The fraction of sp³-hybridized carbons (Fsp3) is 0.647. The second-order valence-electron chi connectivity index (χ2n) is 5.43. The summed E-state index contributed by atoms with van der Waals surface area (Å²) in [6.07, 6.45) is 11.4. The van der Waals surface area contributed by atoms with Crippen molar-refractivity contribution in [3.05, 3.63) is 24.0 Å². The summed E-state index contributed by atoms with van der Waals surface area (Å²) in [4.78, 5) is 23.0. The predicted octanol–water partition coefficient (Wildman–Crippen LogP) is 4.01. The summed E-state index contributed by atoms with van der Waals surface area (Å²) in [5, 5.41) is 9.86. The van der Waals surface area contributed by atoms with Crippen LogP contribution >= 0.6 is 0 Å². The molecule has 118 valence electrons. The number of aliphatic hydroxyl groups excluding tert-OH is 1. The Hall–Kier alpha value is -1.58. The molecule has 0 atom stereocenters. The van der Waals surface area contributed by atoms with Crippen molar-refractivity contribution in [1.82, 2.24) is 0 Å². The van der Waals surface area contributed by atoms with Crippen LogP contribution in [0.4, 0.5) is 0 Å². The zero-order valence-corrected chi connectivity index (χ0v) is 12.7. The van der Waals surface area contributed by atoms with Gasteiger partial charge in [0.15, 0.2) is 5.78 Å². The topological polar surface area (TPSA) is 63.6 Å². The Morgan fingerprint density at radius 1 is 1.10 bits per heavy atom. The molecule has 1 saturated heterocycles. The maximum Gasteiger partial charge on any atom is 0.345 e. The van der Waals surface area contributed by atoms with E-state index in [1.165, 1.54) is 25.7 Å². The molecule has 1 heterocycles. The van der Waals surface area contributed by atoms with Gasteiger partial charge < -0.3 is 9.84 Å². The van der Waals surface area contributed by atoms with E-state index < -0.39 is 5.97 Å². The Morgan fingerprint density at radius 2 is 1.71 bits per heavy atom. The van der Waals surface area contributed by atoms with E-state index in [0.29, 0.717) is 6.42 Å². The Labute approximate surface area is 126 Å². The molecule has 1 aliphatic heterocycles. The molecule has 0 amide bonds. The number of rotatable bonds is 10. The summed E-state index contributed by atoms with van der Waals surface area (Å²) in [5.41, 5.74) is -0.134. The van der Waals surface area contributed by atoms with Crippen molar-refractivity contribution < 1.29 is 19.4 Å². The third kappa shape index (κ3) is 6.61. The summed E-state index contributed by atoms with van der Waals surface area (Å²) < 4.78 is 4.79. The minimum atomic E-state index is -0.675. The monoisotopic (exact) mass is 294 g/mol. The SMILES string of the molecule is C=CCCCCCCCCCC(O)=C1C(=O)CCOC1=O. The van der Waals surface area contributed by atoms with Crippen LogP contribution in [0.2, 0.25) is 0 Å². The molecule has 4 heteroatoms. The molecular weight excluding hydrogens is 268 g/mol. The number of allylic oxidation sites excluding steroid dienone is 2. The van der Waals surface area contributed by atoms with E-state index in [0.717, 1.165) is 25.7 Å². The second-order valence-corrected chi connectivity index (χ2v) is 5.43. The summed E-state index contributed by atoms with van der Waals surface area (Å²) in [7, 11) is 0. The number of ketones is 1. The minimum Gasteiger partial charge on any atom is -0.511 e. The van der Waals surface area contributed by atoms with Crippen LogP contribution in [0.1, 0.15) is 64.2 Å². The molecule has 0 aromatic heterocycles. The molecular formula is C17H26O4. The lowest BCUT2D eigenvalue weighted by atomic mass is 10.0. The summed E-state index contributed by atoms with van der Waals surface area (Å²) in [5.74, 6) is -1.08. The largest absolute Gasteiger partial charge is 0.511 e. The van der Waals surface area contributed by atoms with Gasteiger partial charge in [-0.3, -0.25) is 4.79 Å². The van der Waals surface area contributed by atoms with Gasteiger partial charge in [0.1, 0.15) is 11.3 Å². The number of hydrogen-bond donors (Lipinski definition) is 1. The Kier molecular flexibility index (Phi) is 8.48. The highest BCUT2D eigenvalue weighted by Crippen LogP contribution is 2.18. The van der Waals surface area contributed by atoms with E-state index in [4.69, 9.17) is 4.74 Å². The first kappa shape index (κ1) is 17.5. The maximum absolute atomic E-state index is 11.6. The number of aliphatic hydroxyl groups is 1. The van der Waals surface area contributed by atoms with Crippen LogP contribution in [-0.4, -0.2) is 23.5 Å². The van der Waals surface area contributed by atoms with Crippen molar-refractivity contribution in [2.24, 2.45) is 0 Å². The van der Waals surface area contributed by atoms with Crippen molar-refractivity contribution in [2.75, 3.05) is 6.61 Å². The molecule has 0 spiro atoms. The first-order valence-electron chi connectivity index (χ1n) is 7.90. The van der Waals surface area contributed by atoms with Crippen LogP contribution in [0.15, 0.2) is 24.0 Å². The number of carbonyl (C=O) groups excluding carboxylic acids is 2. The fourth-order valence-electron chi connectivity index (χ4n) is 2.42. The Bertz CT molecular complexity index is 378. The lowest BCUT2D eigenvalue weighted by molar-refractivity contribution is -0.144. The van der Waals surface area contributed by atoms with Gasteiger partial charge in [-0.15, -0.1) is 6.58 Å². The summed E-state index contributed by atoms with van der Waals surface area (Å²) in [6, 6.07) is 0. The van der Waals surface area contributed by atoms with E-state index in [1.807, 2.05) is 6.08 Å². The molecule has 0 radical (unpaired) electrons. The van der Waals surface area contributed by atoms with Gasteiger partial charge in [-0.25, -0.2) is 4.79 Å². The van der Waals surface area contributed by atoms with Gasteiger partial charge in [-0.1, -0.05) is 38.2 Å². The van der Waals surface area contributed by atoms with E-state index in [9.17, 15) is 14.7 Å². The number of hydrogen-bond acceptors (Lipinski definition) is 4. The molecule has 0 aromatic carbocycles. The van der Waals surface area contributed by atoms with Crippen LogP contribution in [0.5, 0.6) is 0 Å². The average Bonchev–Trinajstić information content (AvgIpc) is 2.45. The number of esters is 1. The van der Waals surface area contributed by atoms with Crippen molar-refractivity contribution in [2.45, 2.75) is 64.2 Å². The number of Topliss-reactive ketones (excluding diaryl/α,β-unsaturated/α-hetero) is 1. The molecule has 21 heavy (non-hydrogen) atoms. The molecule has 0 aliphatic carbocycles. The number of carbonyl (C=O) groups is 2. The third-order valence-corrected chi connectivity index (χ3v) is 3.66. The molecule has 0 aromatic rings. The van der Waals surface area contributed by atoms with Gasteiger partial charge in [-0.05, 0) is 19.3 Å². The third-order valence-electron chi connectivity index (χ3n) is 3.66.